The number of fused-ring (bicyclic) bond motifs is 1. The third-order valence-corrected chi connectivity index (χ3v) is 4.15. The lowest BCUT2D eigenvalue weighted by Crippen LogP contribution is -1.88. The molecule has 0 spiro atoms. The van der Waals surface area contributed by atoms with E-state index in [0.29, 0.717) is 20.6 Å². The summed E-state index contributed by atoms with van der Waals surface area (Å²) in [6.45, 7) is 1.87. The van der Waals surface area contributed by atoms with Crippen LogP contribution >= 0.6 is 50.7 Å². The fourth-order valence-corrected chi connectivity index (χ4v) is 2.61. The molecule has 15 heavy (non-hydrogen) atoms. The highest BCUT2D eigenvalue weighted by molar-refractivity contribution is 9.10. The summed E-state index contributed by atoms with van der Waals surface area (Å²) in [6.07, 6.45) is 0. The molecule has 5 heteroatoms. The van der Waals surface area contributed by atoms with Crippen LogP contribution < -0.4 is 0 Å². The molecule has 2 aromatic rings. The van der Waals surface area contributed by atoms with Gasteiger partial charge in [0, 0.05) is 10.4 Å². The molecule has 0 N–H and O–H groups in total. The number of aromatic nitrogens is 1. The van der Waals surface area contributed by atoms with Gasteiger partial charge in [-0.2, -0.15) is 0 Å². The molecule has 1 nitrogen and oxygen atoms in total. The molecule has 78 valence electrons. The minimum absolute atomic E-state index is 0.510. The highest BCUT2D eigenvalue weighted by Gasteiger charge is 2.12. The third kappa shape index (κ3) is 1.96. The summed E-state index contributed by atoms with van der Waals surface area (Å²) in [7, 11) is 0. The van der Waals surface area contributed by atoms with Crippen molar-refractivity contribution in [3.05, 3.63) is 37.4 Å². The van der Waals surface area contributed by atoms with Crippen molar-refractivity contribution >= 4 is 61.6 Å². The summed E-state index contributed by atoms with van der Waals surface area (Å²) in [4.78, 5) is 4.36. The third-order valence-electron chi connectivity index (χ3n) is 2.05. The lowest BCUT2D eigenvalue weighted by Gasteiger charge is -2.07. The number of rotatable bonds is 0. The number of hydrogen-bond acceptors (Lipinski definition) is 1. The van der Waals surface area contributed by atoms with Crippen LogP contribution in [0.5, 0.6) is 0 Å². The number of benzene rings is 1. The lowest BCUT2D eigenvalue weighted by molar-refractivity contribution is 1.23. The molecule has 0 amide bonds. The van der Waals surface area contributed by atoms with Gasteiger partial charge in [-0.15, -0.1) is 0 Å². The van der Waals surface area contributed by atoms with Crippen molar-refractivity contribution in [1.82, 2.24) is 4.98 Å². The van der Waals surface area contributed by atoms with Gasteiger partial charge in [0.15, 0.2) is 0 Å². The quantitative estimate of drug-likeness (QED) is 0.643. The Balaban J connectivity index is 2.99. The van der Waals surface area contributed by atoms with Crippen molar-refractivity contribution in [3.8, 4) is 0 Å². The summed E-state index contributed by atoms with van der Waals surface area (Å²) in [5.74, 6) is 0. The molecule has 1 aromatic heterocycles. The Morgan fingerprint density at radius 3 is 2.53 bits per heavy atom. The second kappa shape index (κ2) is 4.10. The van der Waals surface area contributed by atoms with Crippen molar-refractivity contribution < 1.29 is 0 Å². The monoisotopic (exact) mass is 323 g/mol. The van der Waals surface area contributed by atoms with Crippen LogP contribution in [0.4, 0.5) is 0 Å². The summed E-state index contributed by atoms with van der Waals surface area (Å²) in [6, 6.07) is 3.40. The molecule has 0 atom stereocenters. The maximum absolute atomic E-state index is 6.17. The number of halogens is 4. The molecule has 1 aromatic carbocycles. The highest BCUT2D eigenvalue weighted by atomic mass is 79.9. The van der Waals surface area contributed by atoms with Gasteiger partial charge in [0.25, 0.3) is 0 Å². The maximum atomic E-state index is 6.17. The highest BCUT2D eigenvalue weighted by Crippen LogP contribution is 2.37. The Morgan fingerprint density at radius 1 is 1.20 bits per heavy atom. The second-order valence-electron chi connectivity index (χ2n) is 3.11. The Kier molecular flexibility index (Phi) is 3.13. The first kappa shape index (κ1) is 11.5. The van der Waals surface area contributed by atoms with Crippen LogP contribution in [0, 0.1) is 6.92 Å². The van der Waals surface area contributed by atoms with Crippen molar-refractivity contribution in [1.29, 1.82) is 0 Å². The van der Waals surface area contributed by atoms with E-state index in [4.69, 9.17) is 34.8 Å². The van der Waals surface area contributed by atoms with E-state index in [1.54, 1.807) is 12.1 Å². The van der Waals surface area contributed by atoms with Gasteiger partial charge >= 0.3 is 0 Å². The minimum Gasteiger partial charge on any atom is -0.252 e. The molecule has 0 saturated carbocycles. The zero-order valence-electron chi connectivity index (χ0n) is 7.61. The summed E-state index contributed by atoms with van der Waals surface area (Å²) in [5, 5.41) is 2.35. The summed E-state index contributed by atoms with van der Waals surface area (Å²) < 4.78 is 0.765. The van der Waals surface area contributed by atoms with E-state index in [2.05, 4.69) is 20.9 Å². The van der Waals surface area contributed by atoms with Crippen LogP contribution in [0.3, 0.4) is 0 Å². The lowest BCUT2D eigenvalue weighted by atomic mass is 10.2. The normalized spacial score (nSPS) is 11.0. The van der Waals surface area contributed by atoms with E-state index in [1.165, 1.54) is 0 Å². The molecular weight excluding hydrogens is 320 g/mol. The summed E-state index contributed by atoms with van der Waals surface area (Å²) in [5.41, 5.74) is 1.52. The first-order chi connectivity index (χ1) is 7.00. The van der Waals surface area contributed by atoms with Crippen molar-refractivity contribution in [2.45, 2.75) is 6.92 Å². The van der Waals surface area contributed by atoms with Gasteiger partial charge in [-0.25, -0.2) is 0 Å². The Morgan fingerprint density at radius 2 is 1.87 bits per heavy atom. The van der Waals surface area contributed by atoms with Crippen LogP contribution in [-0.4, -0.2) is 4.98 Å². The van der Waals surface area contributed by atoms with E-state index in [9.17, 15) is 0 Å². The van der Waals surface area contributed by atoms with E-state index >= 15 is 0 Å². The number of hydrogen-bond donors (Lipinski definition) is 0. The van der Waals surface area contributed by atoms with Crippen LogP contribution in [0.2, 0.25) is 15.1 Å². The largest absolute Gasteiger partial charge is 0.252 e. The molecule has 2 rings (SSSR count). The van der Waals surface area contributed by atoms with Crippen molar-refractivity contribution in [3.63, 3.8) is 0 Å². The zero-order valence-corrected chi connectivity index (χ0v) is 11.5. The van der Waals surface area contributed by atoms with Crippen LogP contribution in [0.15, 0.2) is 16.6 Å². The number of nitrogens with zero attached hydrogens (tertiary/aromatic N) is 1. The molecule has 0 aliphatic carbocycles. The predicted molar refractivity (Wildman–Crippen MR) is 69.2 cm³/mol. The van der Waals surface area contributed by atoms with Gasteiger partial charge < -0.3 is 0 Å². The van der Waals surface area contributed by atoms with E-state index < -0.39 is 0 Å². The van der Waals surface area contributed by atoms with Gasteiger partial charge in [0.1, 0.15) is 0 Å². The van der Waals surface area contributed by atoms with Crippen molar-refractivity contribution in [2.24, 2.45) is 0 Å². The van der Waals surface area contributed by atoms with Crippen LogP contribution in [0.25, 0.3) is 10.9 Å². The van der Waals surface area contributed by atoms with E-state index in [0.717, 1.165) is 15.6 Å². The predicted octanol–water partition coefficient (Wildman–Crippen LogP) is 5.27. The van der Waals surface area contributed by atoms with E-state index in [1.807, 2.05) is 6.92 Å². The van der Waals surface area contributed by atoms with Crippen LogP contribution in [0.1, 0.15) is 5.69 Å². The van der Waals surface area contributed by atoms with E-state index in [-0.39, 0.29) is 0 Å². The minimum atomic E-state index is 0.510. The fraction of sp³-hybridized carbons (Fsp3) is 0.100. The SMILES string of the molecule is Cc1nc2cc(Cl)cc(Cl)c2c(Cl)c1Br. The second-order valence-corrected chi connectivity index (χ2v) is 5.12. The molecule has 0 bridgehead atoms. The zero-order chi connectivity index (χ0) is 11.2. The topological polar surface area (TPSA) is 12.9 Å². The van der Waals surface area contributed by atoms with Crippen LogP contribution in [-0.2, 0) is 0 Å². The van der Waals surface area contributed by atoms with Crippen molar-refractivity contribution in [2.75, 3.05) is 0 Å². The molecular formula is C10H5BrCl3N. The van der Waals surface area contributed by atoms with Gasteiger partial charge in [0.05, 0.1) is 25.7 Å². The average Bonchev–Trinajstić information content (AvgIpc) is 2.13. The molecule has 0 saturated heterocycles. The van der Waals surface area contributed by atoms with Gasteiger partial charge in [0.2, 0.25) is 0 Å². The summed E-state index contributed by atoms with van der Waals surface area (Å²) >= 11 is 21.5. The number of pyridine rings is 1. The maximum Gasteiger partial charge on any atom is 0.0750 e. The molecule has 1 heterocycles. The Hall–Kier alpha value is -0.0200. The van der Waals surface area contributed by atoms with Gasteiger partial charge in [-0.05, 0) is 35.0 Å². The average molecular weight is 325 g/mol. The molecule has 0 aliphatic heterocycles. The molecule has 0 unspecified atom stereocenters. The van der Waals surface area contributed by atoms with Gasteiger partial charge in [-0.1, -0.05) is 34.8 Å². The standard InChI is InChI=1S/C10H5BrCl3N/c1-4-9(11)10(14)8-6(13)2-5(12)3-7(8)15-4/h2-3H,1H3. The Labute approximate surface area is 110 Å². The molecule has 0 fully saturated rings. The molecule has 0 aliphatic rings. The first-order valence-corrected chi connectivity index (χ1v) is 6.03. The number of aryl methyl sites for hydroxylation is 1. The Bertz CT molecular complexity index is 554. The first-order valence-electron chi connectivity index (χ1n) is 4.11. The fourth-order valence-electron chi connectivity index (χ4n) is 1.36. The molecule has 0 radical (unpaired) electrons. The smallest absolute Gasteiger partial charge is 0.0750 e. The van der Waals surface area contributed by atoms with Gasteiger partial charge in [-0.3, -0.25) is 4.98 Å².